The number of unbranched alkanes of at least 4 members (excludes halogenated alkanes) is 2. The van der Waals surface area contributed by atoms with Crippen LogP contribution < -0.4 is 0 Å². The molecule has 0 fully saturated rings. The molecule has 0 aliphatic heterocycles. The molecular formula is C29H32N4O6S2. The molecule has 12 heteroatoms. The summed E-state index contributed by atoms with van der Waals surface area (Å²) in [6.45, 7) is 3.08. The highest BCUT2D eigenvalue weighted by atomic mass is 32.2. The van der Waals surface area contributed by atoms with Gasteiger partial charge >= 0.3 is 0 Å². The van der Waals surface area contributed by atoms with Crippen LogP contribution in [-0.2, 0) is 33.3 Å². The molecule has 216 valence electrons. The number of benzene rings is 3. The number of nitrogens with zero attached hydrogens (tertiary/aromatic N) is 4. The SMILES string of the molecule is Cc1nc2cc(-c3ccc4c(c3)nc(-c3ccccc3)n4CCCCS(=O)(=O)O)ccc2n1CCCCS(=O)(=O)O. The second-order valence-corrected chi connectivity index (χ2v) is 13.3. The number of hydrogen-bond donors (Lipinski definition) is 2. The summed E-state index contributed by atoms with van der Waals surface area (Å²) in [5.74, 6) is 1.10. The van der Waals surface area contributed by atoms with Crippen molar-refractivity contribution in [2.24, 2.45) is 0 Å². The molecule has 0 aliphatic carbocycles. The van der Waals surface area contributed by atoms with Crippen LogP contribution in [0.25, 0.3) is 44.6 Å². The van der Waals surface area contributed by atoms with Crippen LogP contribution in [0.1, 0.15) is 31.5 Å². The zero-order valence-corrected chi connectivity index (χ0v) is 24.3. The van der Waals surface area contributed by atoms with Crippen LogP contribution in [0.15, 0.2) is 66.7 Å². The second-order valence-electron chi connectivity index (χ2n) is 10.2. The number of rotatable bonds is 12. The van der Waals surface area contributed by atoms with Gasteiger partial charge in [-0.2, -0.15) is 16.8 Å². The molecule has 5 aromatic rings. The first-order chi connectivity index (χ1) is 19.5. The van der Waals surface area contributed by atoms with Crippen molar-refractivity contribution < 1.29 is 25.9 Å². The largest absolute Gasteiger partial charge is 0.328 e. The first-order valence-electron chi connectivity index (χ1n) is 13.4. The van der Waals surface area contributed by atoms with Crippen LogP contribution in [-0.4, -0.2) is 56.5 Å². The number of aromatic nitrogens is 4. The Labute approximate surface area is 239 Å². The molecule has 2 heterocycles. The van der Waals surface area contributed by atoms with Crippen LogP contribution in [0.5, 0.6) is 0 Å². The highest BCUT2D eigenvalue weighted by Gasteiger charge is 2.15. The molecule has 3 aromatic carbocycles. The predicted octanol–water partition coefficient (Wildman–Crippen LogP) is 5.36. The second kappa shape index (κ2) is 11.7. The summed E-state index contributed by atoms with van der Waals surface area (Å²) in [6.07, 6.45) is 1.89. The fourth-order valence-corrected chi connectivity index (χ4v) is 6.30. The summed E-state index contributed by atoms with van der Waals surface area (Å²) in [7, 11) is -7.96. The van der Waals surface area contributed by atoms with Gasteiger partial charge < -0.3 is 9.13 Å². The van der Waals surface area contributed by atoms with Gasteiger partial charge in [-0.25, -0.2) is 9.97 Å². The van der Waals surface area contributed by atoms with Crippen LogP contribution >= 0.6 is 0 Å². The van der Waals surface area contributed by atoms with Gasteiger partial charge in [-0.15, -0.1) is 0 Å². The number of hydrogen-bond acceptors (Lipinski definition) is 6. The molecule has 2 aromatic heterocycles. The van der Waals surface area contributed by atoms with Crippen molar-refractivity contribution >= 4 is 42.3 Å². The molecule has 0 spiro atoms. The first-order valence-corrected chi connectivity index (χ1v) is 16.6. The number of aryl methyl sites for hydroxylation is 3. The third-order valence-electron chi connectivity index (χ3n) is 7.12. The monoisotopic (exact) mass is 596 g/mol. The molecule has 0 atom stereocenters. The maximum atomic E-state index is 11.2. The topological polar surface area (TPSA) is 144 Å². The predicted molar refractivity (Wildman–Crippen MR) is 160 cm³/mol. The Kier molecular flexibility index (Phi) is 8.28. The minimum Gasteiger partial charge on any atom is -0.328 e. The zero-order valence-electron chi connectivity index (χ0n) is 22.6. The lowest BCUT2D eigenvalue weighted by molar-refractivity contribution is 0.476. The van der Waals surface area contributed by atoms with E-state index in [1.54, 1.807) is 0 Å². The summed E-state index contributed by atoms with van der Waals surface area (Å²) in [6, 6.07) is 22.0. The Morgan fingerprint density at radius 2 is 1.15 bits per heavy atom. The molecule has 41 heavy (non-hydrogen) atoms. The van der Waals surface area contributed by atoms with E-state index in [0.717, 1.165) is 50.4 Å². The lowest BCUT2D eigenvalue weighted by atomic mass is 10.0. The quantitative estimate of drug-likeness (QED) is 0.145. The average Bonchev–Trinajstić information content (AvgIpc) is 3.44. The van der Waals surface area contributed by atoms with Crippen molar-refractivity contribution in [2.75, 3.05) is 11.5 Å². The molecule has 0 saturated heterocycles. The van der Waals surface area contributed by atoms with Crippen molar-refractivity contribution in [2.45, 2.75) is 45.7 Å². The average molecular weight is 597 g/mol. The Balaban J connectivity index is 1.43. The zero-order chi connectivity index (χ0) is 29.2. The van der Waals surface area contributed by atoms with E-state index in [0.29, 0.717) is 38.8 Å². The minimum absolute atomic E-state index is 0.252. The van der Waals surface area contributed by atoms with Crippen molar-refractivity contribution in [1.29, 1.82) is 0 Å². The summed E-state index contributed by atoms with van der Waals surface area (Å²) in [5, 5.41) is 0. The summed E-state index contributed by atoms with van der Waals surface area (Å²) in [5.41, 5.74) is 6.47. The highest BCUT2D eigenvalue weighted by Crippen LogP contribution is 2.31. The van der Waals surface area contributed by atoms with E-state index in [9.17, 15) is 16.8 Å². The molecule has 0 saturated carbocycles. The van der Waals surface area contributed by atoms with E-state index in [1.807, 2.05) is 73.7 Å². The fourth-order valence-electron chi connectivity index (χ4n) is 5.16. The lowest BCUT2D eigenvalue weighted by Gasteiger charge is -2.10. The highest BCUT2D eigenvalue weighted by molar-refractivity contribution is 7.86. The van der Waals surface area contributed by atoms with E-state index >= 15 is 0 Å². The summed E-state index contributed by atoms with van der Waals surface area (Å²) < 4.78 is 66.6. The smallest absolute Gasteiger partial charge is 0.264 e. The summed E-state index contributed by atoms with van der Waals surface area (Å²) in [4.78, 5) is 9.67. The number of fused-ring (bicyclic) bond motifs is 2. The first kappa shape index (κ1) is 28.9. The van der Waals surface area contributed by atoms with Gasteiger partial charge in [-0.3, -0.25) is 9.11 Å². The van der Waals surface area contributed by atoms with Crippen molar-refractivity contribution in [3.8, 4) is 22.5 Å². The molecule has 10 nitrogen and oxygen atoms in total. The Morgan fingerprint density at radius 3 is 1.71 bits per heavy atom. The molecule has 0 aliphatic rings. The van der Waals surface area contributed by atoms with E-state index < -0.39 is 20.2 Å². The molecule has 2 N–H and O–H groups in total. The fraction of sp³-hybridized carbons (Fsp3) is 0.310. The van der Waals surface area contributed by atoms with Gasteiger partial charge in [0.1, 0.15) is 11.6 Å². The van der Waals surface area contributed by atoms with Gasteiger partial charge in [0.2, 0.25) is 0 Å². The molecular weight excluding hydrogens is 564 g/mol. The van der Waals surface area contributed by atoms with Gasteiger partial charge in [0.25, 0.3) is 20.2 Å². The van der Waals surface area contributed by atoms with E-state index in [4.69, 9.17) is 19.1 Å². The Bertz CT molecular complexity index is 1910. The standard InChI is InChI=1S/C29H32N4O6S2/c1-21-30-25-19-23(11-13-27(25)32(21)15-5-7-17-40(34,35)36)24-12-14-28-26(20-24)31-29(22-9-3-2-4-10-22)33(28)16-6-8-18-41(37,38)39/h2-4,9-14,19-20H,5-8,15-18H2,1H3,(H,34,35,36)(H,37,38,39). The van der Waals surface area contributed by atoms with Gasteiger partial charge in [0.15, 0.2) is 0 Å². The van der Waals surface area contributed by atoms with Gasteiger partial charge in [-0.1, -0.05) is 42.5 Å². The molecule has 0 amide bonds. The molecule has 5 rings (SSSR count). The van der Waals surface area contributed by atoms with Crippen LogP contribution in [0.2, 0.25) is 0 Å². The van der Waals surface area contributed by atoms with Crippen LogP contribution in [0, 0.1) is 6.92 Å². The third-order valence-corrected chi connectivity index (χ3v) is 8.73. The Morgan fingerprint density at radius 1 is 0.634 bits per heavy atom. The molecule has 0 unspecified atom stereocenters. The van der Waals surface area contributed by atoms with Crippen LogP contribution in [0.3, 0.4) is 0 Å². The maximum absolute atomic E-state index is 11.2. The van der Waals surface area contributed by atoms with Crippen molar-refractivity contribution in [1.82, 2.24) is 19.1 Å². The minimum atomic E-state index is -4.00. The van der Waals surface area contributed by atoms with Gasteiger partial charge in [0, 0.05) is 18.7 Å². The number of imidazole rings is 2. The lowest BCUT2D eigenvalue weighted by Crippen LogP contribution is -2.06. The van der Waals surface area contributed by atoms with E-state index in [2.05, 4.69) is 9.13 Å². The molecule has 0 radical (unpaired) electrons. The van der Waals surface area contributed by atoms with E-state index in [1.165, 1.54) is 0 Å². The van der Waals surface area contributed by atoms with Crippen molar-refractivity contribution in [3.05, 3.63) is 72.6 Å². The van der Waals surface area contributed by atoms with E-state index in [-0.39, 0.29) is 11.5 Å². The molecule has 0 bridgehead atoms. The maximum Gasteiger partial charge on any atom is 0.264 e. The van der Waals surface area contributed by atoms with Gasteiger partial charge in [-0.05, 0) is 68.0 Å². The van der Waals surface area contributed by atoms with Crippen LogP contribution in [0.4, 0.5) is 0 Å². The van der Waals surface area contributed by atoms with Gasteiger partial charge in [0.05, 0.1) is 33.6 Å². The Hall–Kier alpha value is -3.58. The normalized spacial score (nSPS) is 12.5. The third kappa shape index (κ3) is 7.02. The van der Waals surface area contributed by atoms with Crippen molar-refractivity contribution in [3.63, 3.8) is 0 Å². The summed E-state index contributed by atoms with van der Waals surface area (Å²) >= 11 is 0.